The first kappa shape index (κ1) is 20.3. The number of ketones is 1. The van der Waals surface area contributed by atoms with E-state index in [1.165, 1.54) is 4.90 Å². The zero-order chi connectivity index (χ0) is 21.5. The Morgan fingerprint density at radius 2 is 1.35 bits per heavy atom. The van der Waals surface area contributed by atoms with Gasteiger partial charge in [-0.1, -0.05) is 42.5 Å². The Morgan fingerprint density at radius 1 is 0.742 bits per heavy atom. The average Bonchev–Trinajstić information content (AvgIpc) is 3.33. The van der Waals surface area contributed by atoms with Gasteiger partial charge >= 0.3 is 6.09 Å². The Balaban J connectivity index is 1.49. The van der Waals surface area contributed by atoms with Crippen molar-refractivity contribution < 1.29 is 14.3 Å². The van der Waals surface area contributed by atoms with Crippen molar-refractivity contribution in [3.05, 3.63) is 119 Å². The number of allylic oxidation sites excluding steroid dienone is 1. The number of carbonyl (C=O) groups excluding carboxylic acids is 2. The van der Waals surface area contributed by atoms with Crippen LogP contribution in [0.15, 0.2) is 109 Å². The fourth-order valence-electron chi connectivity index (χ4n) is 2.99. The molecule has 0 atom stereocenters. The van der Waals surface area contributed by atoms with E-state index in [-0.39, 0.29) is 5.78 Å². The summed E-state index contributed by atoms with van der Waals surface area (Å²) >= 11 is 1.57. The Morgan fingerprint density at radius 3 is 1.90 bits per heavy atom. The molecule has 0 aliphatic rings. The fraction of sp³-hybridized carbons (Fsp3) is 0. The average molecular weight is 426 g/mol. The molecule has 31 heavy (non-hydrogen) atoms. The van der Waals surface area contributed by atoms with Gasteiger partial charge in [0, 0.05) is 10.4 Å². The number of benzene rings is 3. The molecular weight excluding hydrogens is 406 g/mol. The number of anilines is 2. The molecule has 5 heteroatoms. The minimum Gasteiger partial charge on any atom is -0.410 e. The number of rotatable bonds is 6. The van der Waals surface area contributed by atoms with Crippen LogP contribution in [-0.4, -0.2) is 11.9 Å². The molecule has 0 bridgehead atoms. The third kappa shape index (κ3) is 5.15. The molecule has 4 rings (SSSR count). The zero-order valence-corrected chi connectivity index (χ0v) is 17.4. The first-order chi connectivity index (χ1) is 15.2. The van der Waals surface area contributed by atoms with E-state index in [1.807, 2.05) is 78.2 Å². The van der Waals surface area contributed by atoms with E-state index < -0.39 is 6.09 Å². The maximum absolute atomic E-state index is 13.0. The van der Waals surface area contributed by atoms with Crippen LogP contribution in [0.3, 0.4) is 0 Å². The first-order valence-corrected chi connectivity index (χ1v) is 10.6. The van der Waals surface area contributed by atoms with Gasteiger partial charge in [0.1, 0.15) is 5.75 Å². The van der Waals surface area contributed by atoms with E-state index in [0.717, 1.165) is 4.88 Å². The molecule has 152 valence electrons. The summed E-state index contributed by atoms with van der Waals surface area (Å²) in [5.74, 6) is 0.252. The van der Waals surface area contributed by atoms with Crippen molar-refractivity contribution in [1.82, 2.24) is 0 Å². The molecule has 0 spiro atoms. The summed E-state index contributed by atoms with van der Waals surface area (Å²) in [6, 6.07) is 29.0. The lowest BCUT2D eigenvalue weighted by molar-refractivity contribution is 0.104. The number of carbonyl (C=O) groups is 2. The second-order valence-corrected chi connectivity index (χ2v) is 7.59. The molecule has 1 heterocycles. The molecule has 0 radical (unpaired) electrons. The summed E-state index contributed by atoms with van der Waals surface area (Å²) in [5.41, 5.74) is 1.92. The highest BCUT2D eigenvalue weighted by molar-refractivity contribution is 7.10. The molecule has 0 aliphatic heterocycles. The largest absolute Gasteiger partial charge is 0.424 e. The number of hydrogen-bond acceptors (Lipinski definition) is 4. The van der Waals surface area contributed by atoms with E-state index in [1.54, 1.807) is 47.8 Å². The lowest BCUT2D eigenvalue weighted by atomic mass is 10.1. The van der Waals surface area contributed by atoms with Crippen molar-refractivity contribution in [2.24, 2.45) is 0 Å². The highest BCUT2D eigenvalue weighted by Gasteiger charge is 2.20. The predicted molar refractivity (Wildman–Crippen MR) is 125 cm³/mol. The van der Waals surface area contributed by atoms with Gasteiger partial charge in [0.25, 0.3) is 0 Å². The minimum absolute atomic E-state index is 0.110. The van der Waals surface area contributed by atoms with Crippen LogP contribution in [0, 0.1) is 0 Å². The van der Waals surface area contributed by atoms with Gasteiger partial charge in [0.2, 0.25) is 0 Å². The van der Waals surface area contributed by atoms with Gasteiger partial charge < -0.3 is 4.74 Å². The summed E-state index contributed by atoms with van der Waals surface area (Å²) in [6.07, 6.45) is 2.80. The van der Waals surface area contributed by atoms with E-state index in [0.29, 0.717) is 22.7 Å². The van der Waals surface area contributed by atoms with Crippen LogP contribution in [0.2, 0.25) is 0 Å². The summed E-state index contributed by atoms with van der Waals surface area (Å²) in [7, 11) is 0. The topological polar surface area (TPSA) is 46.6 Å². The van der Waals surface area contributed by atoms with Crippen LogP contribution in [0.1, 0.15) is 15.2 Å². The van der Waals surface area contributed by atoms with E-state index in [9.17, 15) is 9.59 Å². The normalized spacial score (nSPS) is 10.7. The Kier molecular flexibility index (Phi) is 6.35. The van der Waals surface area contributed by atoms with Crippen LogP contribution in [0.25, 0.3) is 6.08 Å². The molecule has 4 nitrogen and oxygen atoms in total. The van der Waals surface area contributed by atoms with Crippen LogP contribution >= 0.6 is 11.3 Å². The number of ether oxygens (including phenoxy) is 1. The molecule has 0 unspecified atom stereocenters. The monoisotopic (exact) mass is 425 g/mol. The van der Waals surface area contributed by atoms with E-state index in [2.05, 4.69) is 0 Å². The van der Waals surface area contributed by atoms with Gasteiger partial charge in [0.05, 0.1) is 11.4 Å². The fourth-order valence-corrected chi connectivity index (χ4v) is 3.61. The van der Waals surface area contributed by atoms with Crippen LogP contribution in [-0.2, 0) is 0 Å². The van der Waals surface area contributed by atoms with Gasteiger partial charge in [-0.05, 0) is 72.1 Å². The highest BCUT2D eigenvalue weighted by Crippen LogP contribution is 2.27. The van der Waals surface area contributed by atoms with Crippen molar-refractivity contribution in [1.29, 1.82) is 0 Å². The van der Waals surface area contributed by atoms with Gasteiger partial charge in [-0.15, -0.1) is 11.3 Å². The third-order valence-corrected chi connectivity index (χ3v) is 5.34. The quantitative estimate of drug-likeness (QED) is 0.247. The molecule has 4 aromatic rings. The molecule has 1 amide bonds. The first-order valence-electron chi connectivity index (χ1n) is 9.69. The molecule has 3 aromatic carbocycles. The molecule has 0 saturated carbocycles. The lowest BCUT2D eigenvalue weighted by Gasteiger charge is -2.22. The molecule has 1 aromatic heterocycles. The Labute approximate surface area is 184 Å². The number of nitrogens with zero attached hydrogens (tertiary/aromatic N) is 1. The highest BCUT2D eigenvalue weighted by atomic mass is 32.1. The lowest BCUT2D eigenvalue weighted by Crippen LogP contribution is -2.29. The maximum Gasteiger partial charge on any atom is 0.424 e. The predicted octanol–water partition coefficient (Wildman–Crippen LogP) is 6.98. The van der Waals surface area contributed by atoms with Crippen LogP contribution in [0.4, 0.5) is 16.2 Å². The van der Waals surface area contributed by atoms with Gasteiger partial charge in [-0.25, -0.2) is 9.69 Å². The smallest absolute Gasteiger partial charge is 0.410 e. The summed E-state index contributed by atoms with van der Waals surface area (Å²) < 4.78 is 5.60. The summed E-state index contributed by atoms with van der Waals surface area (Å²) in [4.78, 5) is 27.9. The summed E-state index contributed by atoms with van der Waals surface area (Å²) in [5, 5.41) is 1.96. The molecule has 0 N–H and O–H groups in total. The van der Waals surface area contributed by atoms with Crippen molar-refractivity contribution in [2.75, 3.05) is 4.90 Å². The maximum atomic E-state index is 13.0. The number of para-hydroxylation sites is 2. The molecular formula is C26H19NO3S. The second kappa shape index (κ2) is 9.69. The molecule has 0 fully saturated rings. The van der Waals surface area contributed by atoms with Crippen molar-refractivity contribution in [2.45, 2.75) is 0 Å². The second-order valence-electron chi connectivity index (χ2n) is 6.61. The number of amides is 1. The minimum atomic E-state index is -0.533. The van der Waals surface area contributed by atoms with Gasteiger partial charge in [-0.3, -0.25) is 4.79 Å². The number of thiophene rings is 1. The van der Waals surface area contributed by atoms with Gasteiger partial charge in [-0.2, -0.15) is 0 Å². The number of hydrogen-bond donors (Lipinski definition) is 0. The van der Waals surface area contributed by atoms with Crippen molar-refractivity contribution >= 4 is 40.7 Å². The molecule has 0 aliphatic carbocycles. The van der Waals surface area contributed by atoms with E-state index >= 15 is 0 Å². The third-order valence-electron chi connectivity index (χ3n) is 4.50. The summed E-state index contributed by atoms with van der Waals surface area (Å²) in [6.45, 7) is 0. The van der Waals surface area contributed by atoms with Crippen molar-refractivity contribution in [3.63, 3.8) is 0 Å². The van der Waals surface area contributed by atoms with E-state index in [4.69, 9.17) is 4.74 Å². The van der Waals surface area contributed by atoms with Crippen molar-refractivity contribution in [3.8, 4) is 5.75 Å². The standard InChI is InChI=1S/C26H19NO3S/c28-25(18-17-24-12-7-19-31-24)20-13-15-23(16-14-20)30-26(29)27(21-8-3-1-4-9-21)22-10-5-2-6-11-22/h1-19H. The molecule has 0 saturated heterocycles. The Hall–Kier alpha value is -3.96. The Bertz CT molecular complexity index is 1130. The SMILES string of the molecule is O=C(C=Cc1cccs1)c1ccc(OC(=O)N(c2ccccc2)c2ccccc2)cc1. The zero-order valence-electron chi connectivity index (χ0n) is 16.5. The van der Waals surface area contributed by atoms with Crippen LogP contribution in [0.5, 0.6) is 5.75 Å². The van der Waals surface area contributed by atoms with Crippen LogP contribution < -0.4 is 9.64 Å². The van der Waals surface area contributed by atoms with Gasteiger partial charge in [0.15, 0.2) is 5.78 Å².